The van der Waals surface area contributed by atoms with Gasteiger partial charge in [0.1, 0.15) is 12.6 Å². The number of benzene rings is 4. The summed E-state index contributed by atoms with van der Waals surface area (Å²) >= 11 is 1.65. The Labute approximate surface area is 312 Å². The number of aliphatic hydroxyl groups is 1. The van der Waals surface area contributed by atoms with Crippen LogP contribution in [0.15, 0.2) is 133 Å². The highest BCUT2D eigenvalue weighted by Crippen LogP contribution is 2.40. The molecule has 2 aliphatic heterocycles. The number of thioether (sulfide) groups is 1. The van der Waals surface area contributed by atoms with Gasteiger partial charge in [0.2, 0.25) is 5.91 Å². The molecule has 10 nitrogen and oxygen atoms in total. The van der Waals surface area contributed by atoms with E-state index in [4.69, 9.17) is 14.2 Å². The second kappa shape index (κ2) is 17.0. The van der Waals surface area contributed by atoms with E-state index in [0.717, 1.165) is 44.0 Å². The number of imide groups is 1. The standard InChI is InChI=1S/C42H39N3O7S/c46-25-28-12-14-32(15-13-28)37-22-35(27-53-38-11-4-5-20-43-38)51-41(52-37)33-18-16-31(17-19-33)34-10-6-9-30(21-34)24-45-39(47)23-36(40(45)48)44-42(49)50-26-29-7-2-1-3-8-29/h1-21,35-37,41,46H,22-27H2,(H,44,49). The topological polar surface area (TPSA) is 127 Å². The summed E-state index contributed by atoms with van der Waals surface area (Å²) in [7, 11) is 0. The molecule has 2 saturated heterocycles. The van der Waals surface area contributed by atoms with Crippen molar-refractivity contribution in [2.24, 2.45) is 0 Å². The number of aliphatic hydroxyl groups excluding tert-OH is 1. The zero-order chi connectivity index (χ0) is 36.6. The number of carbonyl (C=O) groups is 3. The summed E-state index contributed by atoms with van der Waals surface area (Å²) in [6.07, 6.45) is 0.711. The Kier molecular flexibility index (Phi) is 11.6. The molecule has 11 heteroatoms. The van der Waals surface area contributed by atoms with Crippen LogP contribution in [0.25, 0.3) is 11.1 Å². The Morgan fingerprint density at radius 1 is 0.830 bits per heavy atom. The Hall–Kier alpha value is -5.33. The van der Waals surface area contributed by atoms with Crippen LogP contribution >= 0.6 is 11.8 Å². The van der Waals surface area contributed by atoms with Crippen LogP contribution in [0.1, 0.15) is 53.1 Å². The zero-order valence-electron chi connectivity index (χ0n) is 28.9. The summed E-state index contributed by atoms with van der Waals surface area (Å²) in [5, 5.41) is 13.0. The number of pyridine rings is 1. The average molecular weight is 730 g/mol. The number of hydrogen-bond donors (Lipinski definition) is 2. The van der Waals surface area contributed by atoms with Crippen LogP contribution in [0.5, 0.6) is 0 Å². The van der Waals surface area contributed by atoms with Crippen molar-refractivity contribution >= 4 is 29.7 Å². The lowest BCUT2D eigenvalue weighted by Crippen LogP contribution is -2.41. The predicted molar refractivity (Wildman–Crippen MR) is 199 cm³/mol. The first-order chi connectivity index (χ1) is 25.9. The van der Waals surface area contributed by atoms with Crippen molar-refractivity contribution in [2.75, 3.05) is 5.75 Å². The highest BCUT2D eigenvalue weighted by molar-refractivity contribution is 7.99. The molecule has 4 unspecified atom stereocenters. The van der Waals surface area contributed by atoms with Gasteiger partial charge in [0.25, 0.3) is 5.91 Å². The van der Waals surface area contributed by atoms with Crippen LogP contribution in [-0.2, 0) is 43.6 Å². The van der Waals surface area contributed by atoms with Gasteiger partial charge in [-0.25, -0.2) is 9.78 Å². The lowest BCUT2D eigenvalue weighted by Gasteiger charge is -2.36. The molecule has 4 atom stereocenters. The molecular formula is C42H39N3O7S. The highest BCUT2D eigenvalue weighted by atomic mass is 32.2. The van der Waals surface area contributed by atoms with Gasteiger partial charge < -0.3 is 24.6 Å². The van der Waals surface area contributed by atoms with Crippen LogP contribution < -0.4 is 5.32 Å². The summed E-state index contributed by atoms with van der Waals surface area (Å²) in [5.74, 6) is -0.109. The third kappa shape index (κ3) is 9.19. The van der Waals surface area contributed by atoms with E-state index in [0.29, 0.717) is 12.2 Å². The molecule has 2 N–H and O–H groups in total. The smallest absolute Gasteiger partial charge is 0.408 e. The second-order valence-corrected chi connectivity index (χ2v) is 14.0. The minimum atomic E-state index is -0.974. The van der Waals surface area contributed by atoms with Gasteiger partial charge >= 0.3 is 6.09 Å². The molecule has 4 aromatic carbocycles. The number of alkyl carbamates (subject to hydrolysis) is 1. The summed E-state index contributed by atoms with van der Waals surface area (Å²) in [5.41, 5.74) is 6.21. The number of ether oxygens (including phenoxy) is 3. The van der Waals surface area contributed by atoms with E-state index < -0.39 is 24.3 Å². The SMILES string of the molecule is O=C(NC1CC(=O)N(Cc2cccc(-c3ccc(C4OC(CSc5ccccn5)CC(c5ccc(CO)cc5)O4)cc3)c2)C1=O)OCc1ccccc1. The molecule has 0 radical (unpaired) electrons. The molecule has 7 rings (SSSR count). The van der Waals surface area contributed by atoms with E-state index in [-0.39, 0.29) is 44.3 Å². The zero-order valence-corrected chi connectivity index (χ0v) is 29.7. The molecule has 53 heavy (non-hydrogen) atoms. The van der Waals surface area contributed by atoms with Gasteiger partial charge in [0.15, 0.2) is 6.29 Å². The lowest BCUT2D eigenvalue weighted by molar-refractivity contribution is -0.245. The molecule has 0 aliphatic carbocycles. The Balaban J connectivity index is 0.998. The number of hydrogen-bond acceptors (Lipinski definition) is 9. The molecule has 1 aromatic heterocycles. The fourth-order valence-electron chi connectivity index (χ4n) is 6.37. The number of rotatable bonds is 12. The van der Waals surface area contributed by atoms with Gasteiger partial charge in [-0.2, -0.15) is 0 Å². The fraction of sp³-hybridized carbons (Fsp3) is 0.238. The van der Waals surface area contributed by atoms with Crippen molar-refractivity contribution in [2.45, 2.75) is 62.2 Å². The summed E-state index contributed by atoms with van der Waals surface area (Å²) in [6.45, 7) is 0.132. The number of nitrogens with one attached hydrogen (secondary N) is 1. The number of aromatic nitrogens is 1. The average Bonchev–Trinajstić information content (AvgIpc) is 3.47. The van der Waals surface area contributed by atoms with Crippen molar-refractivity contribution in [3.8, 4) is 11.1 Å². The Bertz CT molecular complexity index is 2010. The van der Waals surface area contributed by atoms with Gasteiger partial charge in [-0.1, -0.05) is 103 Å². The summed E-state index contributed by atoms with van der Waals surface area (Å²) < 4.78 is 18.3. The molecular weight excluding hydrogens is 691 g/mol. The van der Waals surface area contributed by atoms with Crippen molar-refractivity contribution < 1.29 is 33.7 Å². The molecule has 2 fully saturated rings. The third-order valence-corrected chi connectivity index (χ3v) is 10.3. The first-order valence-corrected chi connectivity index (χ1v) is 18.5. The van der Waals surface area contributed by atoms with Crippen molar-refractivity contribution in [3.05, 3.63) is 155 Å². The van der Waals surface area contributed by atoms with Crippen LogP contribution in [0.2, 0.25) is 0 Å². The van der Waals surface area contributed by atoms with Gasteiger partial charge in [-0.3, -0.25) is 14.5 Å². The number of likely N-dealkylation sites (tertiary alicyclic amines) is 1. The minimum Gasteiger partial charge on any atom is -0.445 e. The fourth-order valence-corrected chi connectivity index (χ4v) is 7.25. The predicted octanol–water partition coefficient (Wildman–Crippen LogP) is 7.13. The lowest BCUT2D eigenvalue weighted by atomic mass is 9.99. The monoisotopic (exact) mass is 729 g/mol. The molecule has 0 bridgehead atoms. The van der Waals surface area contributed by atoms with Crippen LogP contribution in [0.4, 0.5) is 4.79 Å². The van der Waals surface area contributed by atoms with Crippen molar-refractivity contribution in [3.63, 3.8) is 0 Å². The maximum atomic E-state index is 13.1. The van der Waals surface area contributed by atoms with E-state index in [2.05, 4.69) is 10.3 Å². The molecule has 5 aromatic rings. The number of amides is 3. The van der Waals surface area contributed by atoms with E-state index in [1.807, 2.05) is 121 Å². The van der Waals surface area contributed by atoms with Crippen molar-refractivity contribution in [1.82, 2.24) is 15.2 Å². The van der Waals surface area contributed by atoms with E-state index in [1.165, 1.54) is 4.90 Å². The van der Waals surface area contributed by atoms with E-state index >= 15 is 0 Å². The molecule has 3 amide bonds. The quantitative estimate of drug-likeness (QED) is 0.102. The van der Waals surface area contributed by atoms with Crippen LogP contribution in [0.3, 0.4) is 0 Å². The van der Waals surface area contributed by atoms with E-state index in [9.17, 15) is 19.5 Å². The first-order valence-electron chi connectivity index (χ1n) is 17.5. The van der Waals surface area contributed by atoms with Crippen LogP contribution in [0, 0.1) is 0 Å². The number of nitrogens with zero attached hydrogens (tertiary/aromatic N) is 2. The van der Waals surface area contributed by atoms with E-state index in [1.54, 1.807) is 18.0 Å². The normalized spacial score (nSPS) is 20.0. The molecule has 270 valence electrons. The minimum absolute atomic E-state index is 0.0174. The maximum Gasteiger partial charge on any atom is 0.408 e. The third-order valence-electron chi connectivity index (χ3n) is 9.20. The maximum absolute atomic E-state index is 13.1. The second-order valence-electron chi connectivity index (χ2n) is 12.9. The Morgan fingerprint density at radius 2 is 1.58 bits per heavy atom. The van der Waals surface area contributed by atoms with Gasteiger partial charge in [0.05, 0.1) is 36.8 Å². The van der Waals surface area contributed by atoms with Crippen molar-refractivity contribution in [1.29, 1.82) is 0 Å². The first kappa shape index (κ1) is 36.0. The summed E-state index contributed by atoms with van der Waals surface area (Å²) in [4.78, 5) is 44.0. The molecule has 0 spiro atoms. The summed E-state index contributed by atoms with van der Waals surface area (Å²) in [6, 6.07) is 37.6. The Morgan fingerprint density at radius 3 is 2.34 bits per heavy atom. The molecule has 3 heterocycles. The largest absolute Gasteiger partial charge is 0.445 e. The molecule has 2 aliphatic rings. The van der Waals surface area contributed by atoms with Gasteiger partial charge in [0, 0.05) is 23.9 Å². The highest BCUT2D eigenvalue weighted by Gasteiger charge is 2.40. The van der Waals surface area contributed by atoms with Gasteiger partial charge in [-0.15, -0.1) is 11.8 Å². The van der Waals surface area contributed by atoms with Crippen LogP contribution in [-0.4, -0.2) is 50.8 Å². The molecule has 0 saturated carbocycles. The number of carbonyl (C=O) groups excluding carboxylic acids is 3. The van der Waals surface area contributed by atoms with Gasteiger partial charge in [-0.05, 0) is 51.6 Å².